The first-order valence-corrected chi connectivity index (χ1v) is 5.47. The molecular weight excluding hydrogens is 233 g/mol. The Morgan fingerprint density at radius 1 is 1.17 bits per heavy atom. The molecule has 94 valence electrons. The lowest BCUT2D eigenvalue weighted by Crippen LogP contribution is -1.96. The molecule has 0 aliphatic rings. The van der Waals surface area contributed by atoms with Gasteiger partial charge >= 0.3 is 0 Å². The molecule has 1 aromatic heterocycles. The van der Waals surface area contributed by atoms with E-state index in [9.17, 15) is 4.39 Å². The number of ether oxygens (including phenoxy) is 1. The van der Waals surface area contributed by atoms with E-state index >= 15 is 0 Å². The van der Waals surface area contributed by atoms with Crippen molar-refractivity contribution in [2.45, 2.75) is 0 Å². The molecule has 1 aromatic carbocycles. The lowest BCUT2D eigenvalue weighted by molar-refractivity contribution is 0.386. The molecular formula is C13H14FN3O. The Hall–Kier alpha value is -2.30. The summed E-state index contributed by atoms with van der Waals surface area (Å²) < 4.78 is 18.4. The third kappa shape index (κ3) is 2.68. The molecule has 0 saturated carbocycles. The number of rotatable bonds is 4. The number of methoxy groups -OCH3 is 1. The van der Waals surface area contributed by atoms with Crippen molar-refractivity contribution in [1.29, 1.82) is 0 Å². The molecule has 4 nitrogen and oxygen atoms in total. The molecule has 0 aliphatic carbocycles. The van der Waals surface area contributed by atoms with Crippen molar-refractivity contribution in [2.24, 2.45) is 0 Å². The molecule has 0 amide bonds. The molecule has 1 heterocycles. The normalized spacial score (nSPS) is 9.94. The lowest BCUT2D eigenvalue weighted by Gasteiger charge is -2.09. The average molecular weight is 247 g/mol. The molecule has 0 spiro atoms. The van der Waals surface area contributed by atoms with E-state index in [0.29, 0.717) is 5.69 Å². The minimum atomic E-state index is -0.398. The monoisotopic (exact) mass is 247 g/mol. The molecule has 0 radical (unpaired) electrons. The van der Waals surface area contributed by atoms with E-state index in [1.54, 1.807) is 25.4 Å². The Labute approximate surface area is 105 Å². The Morgan fingerprint density at radius 3 is 2.61 bits per heavy atom. The van der Waals surface area contributed by atoms with Crippen molar-refractivity contribution in [2.75, 3.05) is 24.8 Å². The Balaban J connectivity index is 2.20. The van der Waals surface area contributed by atoms with Crippen LogP contribution < -0.4 is 15.4 Å². The van der Waals surface area contributed by atoms with E-state index in [2.05, 4.69) is 15.6 Å². The van der Waals surface area contributed by atoms with Crippen LogP contribution >= 0.6 is 0 Å². The molecule has 2 aromatic rings. The van der Waals surface area contributed by atoms with Crippen molar-refractivity contribution in [3.8, 4) is 5.75 Å². The summed E-state index contributed by atoms with van der Waals surface area (Å²) >= 11 is 0. The number of pyridine rings is 1. The van der Waals surface area contributed by atoms with Gasteiger partial charge in [-0.2, -0.15) is 0 Å². The predicted molar refractivity (Wildman–Crippen MR) is 70.0 cm³/mol. The molecule has 5 heteroatoms. The van der Waals surface area contributed by atoms with Crippen molar-refractivity contribution >= 4 is 17.2 Å². The summed E-state index contributed by atoms with van der Waals surface area (Å²) in [7, 11) is 3.23. The highest BCUT2D eigenvalue weighted by Crippen LogP contribution is 2.24. The second-order valence-corrected chi connectivity index (χ2v) is 3.65. The first-order valence-electron chi connectivity index (χ1n) is 5.47. The van der Waals surface area contributed by atoms with Gasteiger partial charge in [-0.1, -0.05) is 0 Å². The van der Waals surface area contributed by atoms with Gasteiger partial charge in [0.05, 0.1) is 7.11 Å². The summed E-state index contributed by atoms with van der Waals surface area (Å²) in [4.78, 5) is 4.10. The molecule has 2 rings (SSSR count). The second-order valence-electron chi connectivity index (χ2n) is 3.65. The molecule has 0 bridgehead atoms. The van der Waals surface area contributed by atoms with E-state index < -0.39 is 5.82 Å². The number of nitrogens with one attached hydrogen (secondary N) is 2. The van der Waals surface area contributed by atoms with Gasteiger partial charge in [-0.05, 0) is 18.2 Å². The van der Waals surface area contributed by atoms with Gasteiger partial charge in [0.2, 0.25) is 0 Å². The van der Waals surface area contributed by atoms with E-state index in [-0.39, 0.29) is 5.75 Å². The largest absolute Gasteiger partial charge is 0.494 e. The Kier molecular flexibility index (Phi) is 3.62. The zero-order chi connectivity index (χ0) is 13.0. The van der Waals surface area contributed by atoms with Crippen LogP contribution in [0.5, 0.6) is 5.75 Å². The standard InChI is InChI=1S/C13H14FN3O/c1-15-13-8-10(5-6-16-13)17-9-3-4-12(18-2)11(14)7-9/h3-8H,1-2H3,(H2,15,16,17). The SMILES string of the molecule is CNc1cc(Nc2ccc(OC)c(F)c2)ccn1. The van der Waals surface area contributed by atoms with E-state index in [1.165, 1.54) is 13.2 Å². The van der Waals surface area contributed by atoms with Gasteiger partial charge in [0.25, 0.3) is 0 Å². The van der Waals surface area contributed by atoms with E-state index in [1.807, 2.05) is 12.1 Å². The number of hydrogen-bond donors (Lipinski definition) is 2. The summed E-state index contributed by atoms with van der Waals surface area (Å²) in [6.07, 6.45) is 1.67. The summed E-state index contributed by atoms with van der Waals surface area (Å²) in [5.74, 6) is 0.575. The first-order chi connectivity index (χ1) is 8.72. The van der Waals surface area contributed by atoms with Crippen molar-refractivity contribution in [1.82, 2.24) is 4.98 Å². The van der Waals surface area contributed by atoms with Gasteiger partial charge in [-0.25, -0.2) is 9.37 Å². The van der Waals surface area contributed by atoms with Crippen LogP contribution in [-0.4, -0.2) is 19.1 Å². The zero-order valence-electron chi connectivity index (χ0n) is 10.2. The Morgan fingerprint density at radius 2 is 1.94 bits per heavy atom. The van der Waals surface area contributed by atoms with Gasteiger partial charge in [0.1, 0.15) is 5.82 Å². The van der Waals surface area contributed by atoms with Crippen LogP contribution in [0.4, 0.5) is 21.6 Å². The maximum absolute atomic E-state index is 13.5. The predicted octanol–water partition coefficient (Wildman–Crippen LogP) is 3.01. The summed E-state index contributed by atoms with van der Waals surface area (Å²) in [6.45, 7) is 0. The minimum absolute atomic E-state index is 0.228. The van der Waals surface area contributed by atoms with Crippen molar-refractivity contribution < 1.29 is 9.13 Å². The molecule has 0 unspecified atom stereocenters. The number of nitrogens with zero attached hydrogens (tertiary/aromatic N) is 1. The molecule has 0 fully saturated rings. The van der Waals surface area contributed by atoms with Crippen LogP contribution in [0, 0.1) is 5.82 Å². The number of anilines is 3. The smallest absolute Gasteiger partial charge is 0.167 e. The number of aromatic nitrogens is 1. The topological polar surface area (TPSA) is 46.2 Å². The van der Waals surface area contributed by atoms with Gasteiger partial charge in [0, 0.05) is 36.8 Å². The van der Waals surface area contributed by atoms with Crippen LogP contribution in [0.25, 0.3) is 0 Å². The van der Waals surface area contributed by atoms with Crippen LogP contribution in [0.2, 0.25) is 0 Å². The fourth-order valence-corrected chi connectivity index (χ4v) is 1.56. The lowest BCUT2D eigenvalue weighted by atomic mass is 10.2. The summed E-state index contributed by atoms with van der Waals surface area (Å²) in [6, 6.07) is 8.36. The number of benzene rings is 1. The molecule has 0 atom stereocenters. The van der Waals surface area contributed by atoms with Crippen LogP contribution in [-0.2, 0) is 0 Å². The van der Waals surface area contributed by atoms with Crippen molar-refractivity contribution in [3.05, 3.63) is 42.3 Å². The molecule has 0 saturated heterocycles. The highest BCUT2D eigenvalue weighted by Gasteiger charge is 2.03. The van der Waals surface area contributed by atoms with Crippen molar-refractivity contribution in [3.63, 3.8) is 0 Å². The average Bonchev–Trinajstić information content (AvgIpc) is 2.39. The second kappa shape index (κ2) is 5.35. The highest BCUT2D eigenvalue weighted by atomic mass is 19.1. The zero-order valence-corrected chi connectivity index (χ0v) is 10.2. The summed E-state index contributed by atoms with van der Waals surface area (Å²) in [5, 5.41) is 6.03. The number of halogens is 1. The van der Waals surface area contributed by atoms with Crippen LogP contribution in [0.3, 0.4) is 0 Å². The van der Waals surface area contributed by atoms with Gasteiger partial charge in [-0.15, -0.1) is 0 Å². The fourth-order valence-electron chi connectivity index (χ4n) is 1.56. The first kappa shape index (κ1) is 12.2. The summed E-state index contributed by atoms with van der Waals surface area (Å²) in [5.41, 5.74) is 1.49. The number of hydrogen-bond acceptors (Lipinski definition) is 4. The highest BCUT2D eigenvalue weighted by molar-refractivity contribution is 5.63. The van der Waals surface area contributed by atoms with Gasteiger partial charge in [0.15, 0.2) is 11.6 Å². The van der Waals surface area contributed by atoms with E-state index in [4.69, 9.17) is 4.74 Å². The van der Waals surface area contributed by atoms with Gasteiger partial charge < -0.3 is 15.4 Å². The third-order valence-electron chi connectivity index (χ3n) is 2.46. The Bertz CT molecular complexity index is 546. The quantitative estimate of drug-likeness (QED) is 0.871. The van der Waals surface area contributed by atoms with Crippen LogP contribution in [0.15, 0.2) is 36.5 Å². The maximum atomic E-state index is 13.5. The van der Waals surface area contributed by atoms with Gasteiger partial charge in [-0.3, -0.25) is 0 Å². The fraction of sp³-hybridized carbons (Fsp3) is 0.154. The molecule has 2 N–H and O–H groups in total. The van der Waals surface area contributed by atoms with Crippen LogP contribution in [0.1, 0.15) is 0 Å². The maximum Gasteiger partial charge on any atom is 0.167 e. The molecule has 18 heavy (non-hydrogen) atoms. The van der Waals surface area contributed by atoms with E-state index in [0.717, 1.165) is 11.5 Å². The molecule has 0 aliphatic heterocycles. The third-order valence-corrected chi connectivity index (χ3v) is 2.46. The minimum Gasteiger partial charge on any atom is -0.494 e.